The van der Waals surface area contributed by atoms with Gasteiger partial charge in [-0.25, -0.2) is 9.59 Å². The number of nitrogens with one attached hydrogen (secondary N) is 7. The molecule has 7 amide bonds. The molecule has 23 heteroatoms. The first-order valence-electron chi connectivity index (χ1n) is 26.9. The number of nitrogens with two attached hydrogens (primary N) is 1. The van der Waals surface area contributed by atoms with Gasteiger partial charge in [0, 0.05) is 66.3 Å². The molecular weight excluding hydrogens is 1070 g/mol. The zero-order valence-corrected chi connectivity index (χ0v) is 48.0. The van der Waals surface area contributed by atoms with Gasteiger partial charge in [-0.1, -0.05) is 107 Å². The Morgan fingerprint density at radius 3 is 2.10 bits per heavy atom. The van der Waals surface area contributed by atoms with Crippen molar-refractivity contribution in [2.75, 3.05) is 42.7 Å². The van der Waals surface area contributed by atoms with Gasteiger partial charge in [-0.3, -0.25) is 44.3 Å². The summed E-state index contributed by atoms with van der Waals surface area (Å²) in [5, 5.41) is 47.7. The Morgan fingerprint density at radius 2 is 1.45 bits per heavy atom. The van der Waals surface area contributed by atoms with Crippen molar-refractivity contribution in [1.29, 1.82) is 5.41 Å². The Bertz CT molecular complexity index is 3130. The number of rotatable bonds is 25. The van der Waals surface area contributed by atoms with Crippen LogP contribution in [-0.4, -0.2) is 125 Å². The van der Waals surface area contributed by atoms with Crippen LogP contribution in [0.3, 0.4) is 0 Å². The number of hydrogen-bond donors (Lipinski definition) is 10. The van der Waals surface area contributed by atoms with E-state index in [2.05, 4.69) is 37.0 Å². The number of carbonyl (C=O) groups is 9. The van der Waals surface area contributed by atoms with Gasteiger partial charge in [-0.05, 0) is 85.7 Å². The van der Waals surface area contributed by atoms with Crippen LogP contribution in [0.5, 0.6) is 0 Å². The SMILES string of the molecule is CN[C@H](C(=O)NC(C(=O)N(C)C/C=C(\C)C(=O)O)C(C)(C)C)C(C)(C)c1cccc(NC(=O)OCc2ccc(NC(=O)[C@H](CCC(=O)O)NC(=O)CNC(=O)CCCCC(=O)N3Cc4ccccc4C(=N)C(=NN)c4ccccc43)cc2)c1. The number of para-hydroxylation sites is 1. The molecule has 1 unspecified atom stereocenters. The molecule has 83 heavy (non-hydrogen) atoms. The highest BCUT2D eigenvalue weighted by atomic mass is 16.5. The molecule has 3 atom stereocenters. The molecule has 0 fully saturated rings. The van der Waals surface area contributed by atoms with Gasteiger partial charge in [-0.15, -0.1) is 0 Å². The zero-order chi connectivity index (χ0) is 61.2. The van der Waals surface area contributed by atoms with Crippen LogP contribution in [0.1, 0.15) is 108 Å². The number of carbonyl (C=O) groups excluding carboxylic acids is 7. The number of unbranched alkanes of at least 4 members (excludes halogenated alkanes) is 1. The van der Waals surface area contributed by atoms with Gasteiger partial charge < -0.3 is 57.2 Å². The molecule has 4 aromatic rings. The standard InChI is InChI=1S/C60H75N11O12/c1-36(57(80)81)30-31-70(8)56(79)53(59(2,3)4)68-55(78)52(63-7)60(5,6)39-17-15-18-41(32-39)66-58(82)83-35-37-24-26-40(27-25-37)65-54(77)44(28-29-49(75)76)67-47(73)33-64-46(72)22-13-14-23-48(74)71-34-38-16-9-10-19-42(38)50(61)51(69-62)43-20-11-12-21-45(43)71/h9-12,15-21,24-27,30,32,44,52-53,61,63H,13-14,22-23,28-29,31,33-35,62H2,1-8H3,(H,64,72)(H,65,77)(H,66,82)(H,67,73)(H,68,78)(H,75,76)(H,80,81)/b36-30+,61-50?,69-51?/t44-,52+,53?/m0/s1. The summed E-state index contributed by atoms with van der Waals surface area (Å²) >= 11 is 0. The molecule has 0 aliphatic carbocycles. The van der Waals surface area contributed by atoms with Crippen LogP contribution in [0.4, 0.5) is 21.9 Å². The minimum Gasteiger partial charge on any atom is -0.481 e. The first-order valence-corrected chi connectivity index (χ1v) is 26.9. The number of ether oxygens (including phenoxy) is 1. The highest BCUT2D eigenvalue weighted by Crippen LogP contribution is 2.32. The molecule has 5 rings (SSSR count). The molecule has 0 radical (unpaired) electrons. The summed E-state index contributed by atoms with van der Waals surface area (Å²) < 4.78 is 5.47. The second-order valence-electron chi connectivity index (χ2n) is 21.7. The van der Waals surface area contributed by atoms with Gasteiger partial charge in [0.2, 0.25) is 35.4 Å². The lowest BCUT2D eigenvalue weighted by Crippen LogP contribution is -2.60. The third-order valence-electron chi connectivity index (χ3n) is 14.0. The van der Waals surface area contributed by atoms with Gasteiger partial charge in [-0.2, -0.15) is 5.10 Å². The van der Waals surface area contributed by atoms with Crippen molar-refractivity contribution in [3.63, 3.8) is 0 Å². The fourth-order valence-corrected chi connectivity index (χ4v) is 9.18. The molecule has 442 valence electrons. The van der Waals surface area contributed by atoms with Crippen LogP contribution in [-0.2, 0) is 61.7 Å². The first kappa shape index (κ1) is 64.6. The number of aliphatic carboxylic acids is 2. The van der Waals surface area contributed by atoms with E-state index in [0.29, 0.717) is 52.2 Å². The normalized spacial score (nSPS) is 14.0. The lowest BCUT2D eigenvalue weighted by atomic mass is 9.76. The van der Waals surface area contributed by atoms with Crippen molar-refractivity contribution in [2.24, 2.45) is 16.4 Å². The number of nitrogens with zero attached hydrogens (tertiary/aromatic N) is 3. The Balaban J connectivity index is 1.09. The van der Waals surface area contributed by atoms with Gasteiger partial charge >= 0.3 is 18.0 Å². The number of amides is 7. The molecular formula is C60H75N11O12. The number of carboxylic acids is 2. The van der Waals surface area contributed by atoms with Crippen molar-refractivity contribution >= 4 is 82.0 Å². The molecule has 0 bridgehead atoms. The van der Waals surface area contributed by atoms with Crippen LogP contribution >= 0.6 is 0 Å². The van der Waals surface area contributed by atoms with Crippen molar-refractivity contribution < 1.29 is 58.1 Å². The monoisotopic (exact) mass is 1140 g/mol. The molecule has 1 aliphatic rings. The smallest absolute Gasteiger partial charge is 0.411 e. The van der Waals surface area contributed by atoms with Crippen LogP contribution in [0.25, 0.3) is 0 Å². The molecule has 0 saturated carbocycles. The van der Waals surface area contributed by atoms with E-state index in [9.17, 15) is 53.4 Å². The fraction of sp³-hybridized carbons (Fsp3) is 0.383. The van der Waals surface area contributed by atoms with E-state index in [0.717, 1.165) is 5.56 Å². The molecule has 0 spiro atoms. The summed E-state index contributed by atoms with van der Waals surface area (Å²) in [5.41, 5.74) is 3.17. The number of hydrazone groups is 1. The van der Waals surface area contributed by atoms with Crippen LogP contribution in [0.2, 0.25) is 0 Å². The van der Waals surface area contributed by atoms with E-state index in [1.165, 1.54) is 37.1 Å². The second-order valence-corrected chi connectivity index (χ2v) is 21.7. The molecule has 4 aromatic carbocycles. The molecule has 23 nitrogen and oxygen atoms in total. The predicted octanol–water partition coefficient (Wildman–Crippen LogP) is 5.56. The van der Waals surface area contributed by atoms with E-state index in [-0.39, 0.29) is 61.9 Å². The number of benzene rings is 4. The van der Waals surface area contributed by atoms with Crippen molar-refractivity contribution in [1.82, 2.24) is 26.2 Å². The number of hydrogen-bond acceptors (Lipinski definition) is 14. The maximum atomic E-state index is 14.0. The van der Waals surface area contributed by atoms with Crippen LogP contribution < -0.4 is 42.6 Å². The van der Waals surface area contributed by atoms with Crippen molar-refractivity contribution in [3.05, 3.63) is 137 Å². The summed E-state index contributed by atoms with van der Waals surface area (Å²) in [7, 11) is 3.16. The number of carboxylic acid groups (broad SMARTS) is 2. The number of anilines is 3. The van der Waals surface area contributed by atoms with E-state index in [4.69, 9.17) is 16.0 Å². The zero-order valence-electron chi connectivity index (χ0n) is 48.0. The Morgan fingerprint density at radius 1 is 0.783 bits per heavy atom. The molecule has 1 aliphatic heterocycles. The van der Waals surface area contributed by atoms with Gasteiger partial charge in [0.25, 0.3) is 0 Å². The molecule has 0 aromatic heterocycles. The largest absolute Gasteiger partial charge is 0.481 e. The lowest BCUT2D eigenvalue weighted by Gasteiger charge is -2.38. The van der Waals surface area contributed by atoms with Crippen molar-refractivity contribution in [3.8, 4) is 0 Å². The maximum Gasteiger partial charge on any atom is 0.411 e. The number of likely N-dealkylation sites (N-methyl/N-ethyl adjacent to an activating group) is 2. The summed E-state index contributed by atoms with van der Waals surface area (Å²) in [6.45, 7) is 10.1. The second kappa shape index (κ2) is 29.5. The molecule has 1 heterocycles. The molecule has 11 N–H and O–H groups in total. The summed E-state index contributed by atoms with van der Waals surface area (Å²) in [4.78, 5) is 119. The van der Waals surface area contributed by atoms with E-state index in [1.54, 1.807) is 84.7 Å². The highest BCUT2D eigenvalue weighted by Gasteiger charge is 2.41. The third-order valence-corrected chi connectivity index (χ3v) is 14.0. The first-order chi connectivity index (χ1) is 39.2. The Kier molecular flexibility index (Phi) is 22.9. The average molecular weight is 1140 g/mol. The quantitative estimate of drug-likeness (QED) is 0.0168. The Labute approximate surface area is 482 Å². The van der Waals surface area contributed by atoms with Crippen LogP contribution in [0, 0.1) is 10.8 Å². The summed E-state index contributed by atoms with van der Waals surface area (Å²) in [6.07, 6.45) is 0.680. The number of fused-ring (bicyclic) bond motifs is 2. The van der Waals surface area contributed by atoms with Gasteiger partial charge in [0.1, 0.15) is 24.4 Å². The highest BCUT2D eigenvalue weighted by molar-refractivity contribution is 6.53. The topological polar surface area (TPSA) is 344 Å². The van der Waals surface area contributed by atoms with Crippen molar-refractivity contribution in [2.45, 2.75) is 117 Å². The fourth-order valence-electron chi connectivity index (χ4n) is 9.18. The van der Waals surface area contributed by atoms with Gasteiger partial charge in [0.15, 0.2) is 0 Å². The predicted molar refractivity (Wildman–Crippen MR) is 314 cm³/mol. The van der Waals surface area contributed by atoms with E-state index >= 15 is 0 Å². The Hall–Kier alpha value is -9.25. The van der Waals surface area contributed by atoms with Gasteiger partial charge in [0.05, 0.1) is 30.5 Å². The average Bonchev–Trinajstić information content (AvgIpc) is 3.63. The molecule has 0 saturated heterocycles. The lowest BCUT2D eigenvalue weighted by molar-refractivity contribution is -0.139. The maximum absolute atomic E-state index is 14.0. The van der Waals surface area contributed by atoms with E-state index in [1.807, 2.05) is 46.8 Å². The minimum atomic E-state index is -1.28. The summed E-state index contributed by atoms with van der Waals surface area (Å²) in [5.74, 6) is 0.473. The van der Waals surface area contributed by atoms with E-state index < -0.39 is 89.5 Å². The minimum absolute atomic E-state index is 0.00591. The van der Waals surface area contributed by atoms with Crippen LogP contribution in [0.15, 0.2) is 114 Å². The summed E-state index contributed by atoms with van der Waals surface area (Å²) in [6, 6.07) is 24.3. The third kappa shape index (κ3) is 18.1.